The van der Waals surface area contributed by atoms with Crippen LogP contribution in [-0.4, -0.2) is 13.2 Å². The molecule has 1 aromatic rings. The first-order valence-corrected chi connectivity index (χ1v) is 8.72. The van der Waals surface area contributed by atoms with Crippen molar-refractivity contribution >= 4 is 0 Å². The van der Waals surface area contributed by atoms with E-state index < -0.39 is 0 Å². The molecule has 0 aromatic heterocycles. The van der Waals surface area contributed by atoms with Crippen LogP contribution in [0.15, 0.2) is 18.2 Å². The fraction of sp³-hybridized carbons (Fsp3) is 0.700. The first-order chi connectivity index (χ1) is 10.4. The summed E-state index contributed by atoms with van der Waals surface area (Å²) in [6.45, 7) is 10.5. The molecule has 2 unspecified atom stereocenters. The van der Waals surface area contributed by atoms with E-state index in [0.29, 0.717) is 16.9 Å². The second-order valence-corrected chi connectivity index (χ2v) is 8.39. The summed E-state index contributed by atoms with van der Waals surface area (Å²) in [7, 11) is 1.77. The Morgan fingerprint density at radius 3 is 2.73 bits per heavy atom. The SMILES string of the molecule is COc1ccc(C)cc1CNC1CC2CC[C@]1(C)C(C)(C)C2. The average molecular weight is 301 g/mol. The molecule has 3 aliphatic rings. The predicted octanol–water partition coefficient (Wildman–Crippen LogP) is 4.70. The largest absolute Gasteiger partial charge is 0.496 e. The summed E-state index contributed by atoms with van der Waals surface area (Å²) in [5.74, 6) is 1.91. The second-order valence-electron chi connectivity index (χ2n) is 8.39. The first-order valence-electron chi connectivity index (χ1n) is 8.72. The highest BCUT2D eigenvalue weighted by atomic mass is 16.5. The van der Waals surface area contributed by atoms with Crippen LogP contribution >= 0.6 is 0 Å². The molecular formula is C20H31NO. The molecule has 1 aromatic carbocycles. The molecule has 0 saturated heterocycles. The van der Waals surface area contributed by atoms with Gasteiger partial charge in [-0.25, -0.2) is 0 Å². The molecule has 1 N–H and O–H groups in total. The summed E-state index contributed by atoms with van der Waals surface area (Å²) in [5.41, 5.74) is 3.45. The van der Waals surface area contributed by atoms with E-state index in [4.69, 9.17) is 4.74 Å². The molecule has 2 bridgehead atoms. The minimum absolute atomic E-state index is 0.415. The van der Waals surface area contributed by atoms with E-state index in [-0.39, 0.29) is 0 Å². The Kier molecular flexibility index (Phi) is 4.01. The molecule has 22 heavy (non-hydrogen) atoms. The van der Waals surface area contributed by atoms with Crippen molar-refractivity contribution in [2.75, 3.05) is 7.11 Å². The number of hydrogen-bond donors (Lipinski definition) is 1. The van der Waals surface area contributed by atoms with Crippen LogP contribution in [0.3, 0.4) is 0 Å². The van der Waals surface area contributed by atoms with Gasteiger partial charge in [-0.2, -0.15) is 0 Å². The number of methoxy groups -OCH3 is 1. The number of aryl methyl sites for hydroxylation is 1. The summed E-state index contributed by atoms with van der Waals surface area (Å²) in [6.07, 6.45) is 5.53. The number of ether oxygens (including phenoxy) is 1. The Balaban J connectivity index is 1.76. The lowest BCUT2D eigenvalue weighted by molar-refractivity contribution is -0.0818. The molecule has 2 nitrogen and oxygen atoms in total. The minimum Gasteiger partial charge on any atom is -0.496 e. The smallest absolute Gasteiger partial charge is 0.123 e. The number of rotatable bonds is 4. The zero-order valence-electron chi connectivity index (χ0n) is 14.8. The molecular weight excluding hydrogens is 270 g/mol. The third-order valence-electron chi connectivity index (χ3n) is 6.73. The molecule has 3 fully saturated rings. The summed E-state index contributed by atoms with van der Waals surface area (Å²) < 4.78 is 5.53. The van der Waals surface area contributed by atoms with E-state index in [9.17, 15) is 0 Å². The zero-order valence-corrected chi connectivity index (χ0v) is 14.8. The number of fused-ring (bicyclic) bond motifs is 3. The van der Waals surface area contributed by atoms with Crippen molar-refractivity contribution in [3.05, 3.63) is 29.3 Å². The van der Waals surface area contributed by atoms with E-state index in [2.05, 4.69) is 51.2 Å². The van der Waals surface area contributed by atoms with Gasteiger partial charge in [-0.15, -0.1) is 0 Å². The number of nitrogens with one attached hydrogen (secondary N) is 1. The van der Waals surface area contributed by atoms with Crippen molar-refractivity contribution in [1.82, 2.24) is 5.32 Å². The van der Waals surface area contributed by atoms with Gasteiger partial charge in [0.25, 0.3) is 0 Å². The van der Waals surface area contributed by atoms with Gasteiger partial charge in [0, 0.05) is 18.2 Å². The van der Waals surface area contributed by atoms with Crippen molar-refractivity contribution in [3.8, 4) is 5.75 Å². The lowest BCUT2D eigenvalue weighted by Crippen LogP contribution is -2.59. The lowest BCUT2D eigenvalue weighted by Gasteiger charge is -2.60. The second kappa shape index (κ2) is 5.56. The summed E-state index contributed by atoms with van der Waals surface area (Å²) in [4.78, 5) is 0. The molecule has 3 saturated carbocycles. The van der Waals surface area contributed by atoms with Gasteiger partial charge in [-0.1, -0.05) is 38.5 Å². The maximum atomic E-state index is 5.53. The van der Waals surface area contributed by atoms with Crippen LogP contribution in [0, 0.1) is 23.7 Å². The molecule has 0 heterocycles. The molecule has 0 radical (unpaired) electrons. The monoisotopic (exact) mass is 301 g/mol. The van der Waals surface area contributed by atoms with Gasteiger partial charge in [0.2, 0.25) is 0 Å². The maximum Gasteiger partial charge on any atom is 0.123 e. The Labute approximate surface area is 135 Å². The van der Waals surface area contributed by atoms with Crippen LogP contribution in [-0.2, 0) is 6.54 Å². The van der Waals surface area contributed by atoms with E-state index in [1.54, 1.807) is 7.11 Å². The minimum atomic E-state index is 0.415. The Morgan fingerprint density at radius 1 is 1.27 bits per heavy atom. The zero-order chi connectivity index (χ0) is 16.0. The summed E-state index contributed by atoms with van der Waals surface area (Å²) in [5, 5.41) is 3.89. The molecule has 0 amide bonds. The fourth-order valence-electron chi connectivity index (χ4n) is 4.93. The molecule has 0 spiro atoms. The molecule has 3 aliphatic carbocycles. The van der Waals surface area contributed by atoms with Crippen LogP contribution in [0.2, 0.25) is 0 Å². The summed E-state index contributed by atoms with van der Waals surface area (Å²) in [6, 6.07) is 7.08. The maximum absolute atomic E-state index is 5.53. The van der Waals surface area contributed by atoms with Crippen molar-refractivity contribution in [2.45, 2.75) is 66.0 Å². The lowest BCUT2D eigenvalue weighted by atomic mass is 9.47. The molecule has 2 heteroatoms. The number of hydrogen-bond acceptors (Lipinski definition) is 2. The highest BCUT2D eigenvalue weighted by Gasteiger charge is 2.54. The summed E-state index contributed by atoms with van der Waals surface area (Å²) >= 11 is 0. The van der Waals surface area contributed by atoms with E-state index >= 15 is 0 Å². The van der Waals surface area contributed by atoms with Crippen LogP contribution in [0.5, 0.6) is 5.75 Å². The molecule has 0 aliphatic heterocycles. The van der Waals surface area contributed by atoms with Gasteiger partial charge in [-0.05, 0) is 55.4 Å². The van der Waals surface area contributed by atoms with Gasteiger partial charge in [0.15, 0.2) is 0 Å². The highest BCUT2D eigenvalue weighted by Crippen LogP contribution is 2.60. The van der Waals surface area contributed by atoms with Crippen molar-refractivity contribution < 1.29 is 4.74 Å². The third-order valence-corrected chi connectivity index (χ3v) is 6.73. The van der Waals surface area contributed by atoms with Crippen molar-refractivity contribution in [2.24, 2.45) is 16.7 Å². The Hall–Kier alpha value is -1.02. The van der Waals surface area contributed by atoms with Crippen LogP contribution < -0.4 is 10.1 Å². The Bertz CT molecular complexity index is 551. The molecule has 3 atom stereocenters. The molecule has 122 valence electrons. The number of benzene rings is 1. The quantitative estimate of drug-likeness (QED) is 0.870. The van der Waals surface area contributed by atoms with Crippen molar-refractivity contribution in [1.29, 1.82) is 0 Å². The fourth-order valence-corrected chi connectivity index (χ4v) is 4.93. The van der Waals surface area contributed by atoms with Gasteiger partial charge in [0.05, 0.1) is 7.11 Å². The van der Waals surface area contributed by atoms with Crippen LogP contribution in [0.1, 0.15) is 57.6 Å². The normalized spacial score (nSPS) is 33.0. The van der Waals surface area contributed by atoms with E-state index in [0.717, 1.165) is 18.2 Å². The average Bonchev–Trinajstić information content (AvgIpc) is 2.46. The van der Waals surface area contributed by atoms with E-state index in [1.165, 1.54) is 36.8 Å². The standard InChI is InChI=1S/C20H31NO/c1-14-6-7-17(22-5)16(10-14)13-21-18-11-15-8-9-20(18,4)19(2,3)12-15/h6-7,10,15,18,21H,8-9,11-13H2,1-5H3/t15?,18?,20-/m0/s1. The topological polar surface area (TPSA) is 21.3 Å². The van der Waals surface area contributed by atoms with Crippen molar-refractivity contribution in [3.63, 3.8) is 0 Å². The highest BCUT2D eigenvalue weighted by molar-refractivity contribution is 5.36. The van der Waals surface area contributed by atoms with Gasteiger partial charge >= 0.3 is 0 Å². The molecule has 4 rings (SSSR count). The van der Waals surface area contributed by atoms with Crippen LogP contribution in [0.4, 0.5) is 0 Å². The van der Waals surface area contributed by atoms with Crippen LogP contribution in [0.25, 0.3) is 0 Å². The predicted molar refractivity (Wildman–Crippen MR) is 92.2 cm³/mol. The third kappa shape index (κ3) is 2.56. The van der Waals surface area contributed by atoms with Gasteiger partial charge < -0.3 is 10.1 Å². The Morgan fingerprint density at radius 2 is 2.05 bits per heavy atom. The first kappa shape index (κ1) is 15.9. The van der Waals surface area contributed by atoms with Gasteiger partial charge in [-0.3, -0.25) is 0 Å². The van der Waals surface area contributed by atoms with Gasteiger partial charge in [0.1, 0.15) is 5.75 Å². The van der Waals surface area contributed by atoms with E-state index in [1.807, 2.05) is 0 Å².